The molecule has 1 atom stereocenters. The highest BCUT2D eigenvalue weighted by atomic mass is 16.6. The van der Waals surface area contributed by atoms with E-state index in [1.807, 2.05) is 6.92 Å². The first-order valence-corrected chi connectivity index (χ1v) is 8.00. The van der Waals surface area contributed by atoms with Crippen molar-refractivity contribution < 1.29 is 4.92 Å². The predicted octanol–water partition coefficient (Wildman–Crippen LogP) is 4.14. The average Bonchev–Trinajstić information content (AvgIpc) is 2.75. The molecule has 1 unspecified atom stereocenters. The van der Waals surface area contributed by atoms with Gasteiger partial charge in [-0.1, -0.05) is 40.0 Å². The van der Waals surface area contributed by atoms with Crippen molar-refractivity contribution in [3.05, 3.63) is 15.8 Å². The summed E-state index contributed by atoms with van der Waals surface area (Å²) >= 11 is 0. The fourth-order valence-corrected chi connectivity index (χ4v) is 2.52. The van der Waals surface area contributed by atoms with Gasteiger partial charge in [-0.3, -0.25) is 10.1 Å². The molecule has 1 aromatic rings. The van der Waals surface area contributed by atoms with Crippen molar-refractivity contribution in [1.29, 1.82) is 0 Å². The Morgan fingerprint density at radius 1 is 1.33 bits per heavy atom. The summed E-state index contributed by atoms with van der Waals surface area (Å²) in [5, 5.41) is 18.8. The molecule has 0 aromatic carbocycles. The summed E-state index contributed by atoms with van der Waals surface area (Å²) in [6.07, 6.45) is 5.54. The van der Waals surface area contributed by atoms with E-state index in [2.05, 4.69) is 24.3 Å². The van der Waals surface area contributed by atoms with E-state index in [0.29, 0.717) is 24.0 Å². The summed E-state index contributed by atoms with van der Waals surface area (Å²) < 4.78 is 1.74. The van der Waals surface area contributed by atoms with Crippen LogP contribution >= 0.6 is 0 Å². The Labute approximate surface area is 127 Å². The van der Waals surface area contributed by atoms with E-state index in [9.17, 15) is 10.1 Å². The van der Waals surface area contributed by atoms with Crippen LogP contribution in [0.25, 0.3) is 0 Å². The fraction of sp³-hybridized carbons (Fsp3) is 0.800. The van der Waals surface area contributed by atoms with Crippen LogP contribution in [-0.2, 0) is 6.54 Å². The van der Waals surface area contributed by atoms with Crippen molar-refractivity contribution >= 4 is 11.5 Å². The van der Waals surface area contributed by atoms with Gasteiger partial charge in [-0.25, -0.2) is 4.68 Å². The van der Waals surface area contributed by atoms with Crippen molar-refractivity contribution in [2.45, 2.75) is 66.3 Å². The molecule has 0 saturated heterocycles. The Bertz CT molecular complexity index is 457. The largest absolute Gasteiger partial charge is 0.364 e. The van der Waals surface area contributed by atoms with Crippen LogP contribution in [0.3, 0.4) is 0 Å². The molecule has 1 rings (SSSR count). The number of nitrogens with one attached hydrogen (secondary N) is 1. The first-order chi connectivity index (χ1) is 10.0. The van der Waals surface area contributed by atoms with E-state index >= 15 is 0 Å². The number of nitrogens with zero attached hydrogens (tertiary/aromatic N) is 3. The third-order valence-electron chi connectivity index (χ3n) is 3.82. The zero-order valence-electron chi connectivity index (χ0n) is 13.7. The summed E-state index contributed by atoms with van der Waals surface area (Å²) in [5.41, 5.74) is 0.603. The van der Waals surface area contributed by atoms with Crippen molar-refractivity contribution in [3.8, 4) is 0 Å². The molecule has 21 heavy (non-hydrogen) atoms. The van der Waals surface area contributed by atoms with Gasteiger partial charge in [0.15, 0.2) is 0 Å². The lowest BCUT2D eigenvalue weighted by atomic mass is 9.99. The topological polar surface area (TPSA) is 73.0 Å². The number of anilines is 1. The summed E-state index contributed by atoms with van der Waals surface area (Å²) in [5.74, 6) is 1.11. The first-order valence-electron chi connectivity index (χ1n) is 8.00. The van der Waals surface area contributed by atoms with E-state index in [4.69, 9.17) is 0 Å². The quantitative estimate of drug-likeness (QED) is 0.520. The van der Waals surface area contributed by atoms with Gasteiger partial charge < -0.3 is 5.32 Å². The molecule has 0 saturated carbocycles. The first kappa shape index (κ1) is 17.5. The zero-order chi connectivity index (χ0) is 15.8. The zero-order valence-corrected chi connectivity index (χ0v) is 13.7. The van der Waals surface area contributed by atoms with Gasteiger partial charge in [-0.2, -0.15) is 5.10 Å². The van der Waals surface area contributed by atoms with Crippen LogP contribution < -0.4 is 5.32 Å². The molecule has 0 aliphatic heterocycles. The number of nitro groups is 1. The monoisotopic (exact) mass is 296 g/mol. The van der Waals surface area contributed by atoms with Gasteiger partial charge in [0.05, 0.1) is 4.92 Å². The summed E-state index contributed by atoms with van der Waals surface area (Å²) in [4.78, 5) is 10.9. The maximum absolute atomic E-state index is 11.3. The molecule has 0 bridgehead atoms. The molecule has 0 aliphatic rings. The van der Waals surface area contributed by atoms with Crippen LogP contribution in [0.2, 0.25) is 0 Å². The van der Waals surface area contributed by atoms with Crippen molar-refractivity contribution in [1.82, 2.24) is 9.78 Å². The van der Waals surface area contributed by atoms with E-state index in [0.717, 1.165) is 25.8 Å². The van der Waals surface area contributed by atoms with Crippen LogP contribution in [0.4, 0.5) is 11.5 Å². The standard InChI is InChI=1S/C15H28N4O2/c1-5-8-9-13(7-3)11-16-15-14(19(20)21)12(4)17-18(15)10-6-2/h13,16H,5-11H2,1-4H3. The summed E-state index contributed by atoms with van der Waals surface area (Å²) in [6.45, 7) is 9.57. The van der Waals surface area contributed by atoms with E-state index < -0.39 is 0 Å². The van der Waals surface area contributed by atoms with Crippen LogP contribution in [0, 0.1) is 23.0 Å². The van der Waals surface area contributed by atoms with Crippen LogP contribution in [-0.4, -0.2) is 21.2 Å². The molecule has 0 radical (unpaired) electrons. The Kier molecular flexibility index (Phi) is 7.19. The molecule has 120 valence electrons. The molecule has 1 aromatic heterocycles. The second-order valence-corrected chi connectivity index (χ2v) is 5.56. The van der Waals surface area contributed by atoms with Gasteiger partial charge >= 0.3 is 5.69 Å². The number of hydrogen-bond acceptors (Lipinski definition) is 4. The lowest BCUT2D eigenvalue weighted by molar-refractivity contribution is -0.384. The van der Waals surface area contributed by atoms with Crippen LogP contribution in [0.1, 0.15) is 58.6 Å². The van der Waals surface area contributed by atoms with Crippen LogP contribution in [0.15, 0.2) is 0 Å². The second kappa shape index (κ2) is 8.64. The van der Waals surface area contributed by atoms with E-state index in [1.54, 1.807) is 11.6 Å². The molecule has 6 heteroatoms. The molecule has 0 spiro atoms. The minimum Gasteiger partial charge on any atom is -0.364 e. The molecule has 6 nitrogen and oxygen atoms in total. The van der Waals surface area contributed by atoms with Crippen molar-refractivity contribution in [2.75, 3.05) is 11.9 Å². The molecule has 0 amide bonds. The highest BCUT2D eigenvalue weighted by molar-refractivity contribution is 5.59. The molecular weight excluding hydrogens is 268 g/mol. The Balaban J connectivity index is 2.86. The third-order valence-corrected chi connectivity index (χ3v) is 3.82. The SMILES string of the molecule is CCCCC(CC)CNc1c([N+](=O)[O-])c(C)nn1CCC. The number of unbranched alkanes of at least 4 members (excludes halogenated alkanes) is 1. The van der Waals surface area contributed by atoms with E-state index in [-0.39, 0.29) is 10.6 Å². The minimum absolute atomic E-state index is 0.119. The average molecular weight is 296 g/mol. The Hall–Kier alpha value is -1.59. The van der Waals surface area contributed by atoms with Gasteiger partial charge in [0.1, 0.15) is 5.69 Å². The normalized spacial score (nSPS) is 12.4. The molecule has 0 aliphatic carbocycles. The molecular formula is C15H28N4O2. The molecule has 1 heterocycles. The van der Waals surface area contributed by atoms with Crippen LogP contribution in [0.5, 0.6) is 0 Å². The predicted molar refractivity (Wildman–Crippen MR) is 85.7 cm³/mol. The van der Waals surface area contributed by atoms with Crippen molar-refractivity contribution in [2.24, 2.45) is 5.92 Å². The van der Waals surface area contributed by atoms with Gasteiger partial charge in [-0.15, -0.1) is 0 Å². The number of aryl methyl sites for hydroxylation is 2. The van der Waals surface area contributed by atoms with Gasteiger partial charge in [-0.05, 0) is 25.7 Å². The third kappa shape index (κ3) is 4.72. The number of rotatable bonds is 10. The summed E-state index contributed by atoms with van der Waals surface area (Å²) in [6, 6.07) is 0. The number of aromatic nitrogens is 2. The Morgan fingerprint density at radius 3 is 2.57 bits per heavy atom. The minimum atomic E-state index is -0.330. The fourth-order valence-electron chi connectivity index (χ4n) is 2.52. The van der Waals surface area contributed by atoms with Gasteiger partial charge in [0.25, 0.3) is 0 Å². The number of hydrogen-bond donors (Lipinski definition) is 1. The lowest BCUT2D eigenvalue weighted by Gasteiger charge is -2.16. The van der Waals surface area contributed by atoms with Crippen molar-refractivity contribution in [3.63, 3.8) is 0 Å². The van der Waals surface area contributed by atoms with Gasteiger partial charge in [0, 0.05) is 13.1 Å². The molecule has 1 N–H and O–H groups in total. The highest BCUT2D eigenvalue weighted by Gasteiger charge is 2.25. The second-order valence-electron chi connectivity index (χ2n) is 5.56. The smallest absolute Gasteiger partial charge is 0.333 e. The maximum atomic E-state index is 11.3. The highest BCUT2D eigenvalue weighted by Crippen LogP contribution is 2.29. The van der Waals surface area contributed by atoms with E-state index in [1.165, 1.54) is 12.8 Å². The summed E-state index contributed by atoms with van der Waals surface area (Å²) in [7, 11) is 0. The Morgan fingerprint density at radius 2 is 2.05 bits per heavy atom. The molecule has 0 fully saturated rings. The maximum Gasteiger partial charge on any atom is 0.333 e. The lowest BCUT2D eigenvalue weighted by Crippen LogP contribution is -2.17. The van der Waals surface area contributed by atoms with Gasteiger partial charge in [0.2, 0.25) is 5.82 Å².